The first-order valence-corrected chi connectivity index (χ1v) is 10.6. The predicted octanol–water partition coefficient (Wildman–Crippen LogP) is 4.54. The molecule has 5 nitrogen and oxygen atoms in total. The molecule has 1 aliphatic heterocycles. The summed E-state index contributed by atoms with van der Waals surface area (Å²) in [5.41, 5.74) is 1.26. The maximum absolute atomic E-state index is 10.1. The zero-order chi connectivity index (χ0) is 22.1. The van der Waals surface area contributed by atoms with Crippen LogP contribution in [0.2, 0.25) is 0 Å². The van der Waals surface area contributed by atoms with E-state index in [1.54, 1.807) is 0 Å². The van der Waals surface area contributed by atoms with Crippen LogP contribution >= 0.6 is 0 Å². The molecule has 0 radical (unpaired) electrons. The zero-order valence-corrected chi connectivity index (χ0v) is 18.2. The van der Waals surface area contributed by atoms with E-state index < -0.39 is 17.3 Å². The van der Waals surface area contributed by atoms with Crippen molar-refractivity contribution in [1.29, 1.82) is 21.2 Å². The van der Waals surface area contributed by atoms with Gasteiger partial charge in [0.05, 0.1) is 23.9 Å². The maximum Gasteiger partial charge on any atom is 0.189 e. The molecule has 2 aliphatic rings. The van der Waals surface area contributed by atoms with Crippen LogP contribution in [0.25, 0.3) is 0 Å². The lowest BCUT2D eigenvalue weighted by molar-refractivity contribution is 0.204. The number of nitrogens with zero attached hydrogens (tertiary/aromatic N) is 4. The summed E-state index contributed by atoms with van der Waals surface area (Å²) in [7, 11) is 0. The topological polar surface area (TPSA) is 98.5 Å². The molecule has 1 aromatic carbocycles. The summed E-state index contributed by atoms with van der Waals surface area (Å²) in [6.45, 7) is 10.9. The second kappa shape index (κ2) is 8.06. The Hall–Kier alpha value is -2.94. The Kier molecular flexibility index (Phi) is 5.85. The molecule has 154 valence electrons. The van der Waals surface area contributed by atoms with E-state index in [-0.39, 0.29) is 17.0 Å². The molecule has 1 aromatic rings. The molecule has 0 bridgehead atoms. The van der Waals surface area contributed by atoms with E-state index in [0.29, 0.717) is 6.54 Å². The van der Waals surface area contributed by atoms with Crippen molar-refractivity contribution in [1.82, 2.24) is 4.90 Å². The van der Waals surface area contributed by atoms with Gasteiger partial charge in [0.2, 0.25) is 0 Å². The fourth-order valence-corrected chi connectivity index (χ4v) is 4.93. The van der Waals surface area contributed by atoms with Gasteiger partial charge in [-0.2, -0.15) is 15.8 Å². The second-order valence-electron chi connectivity index (χ2n) is 9.43. The summed E-state index contributed by atoms with van der Waals surface area (Å²) in [6, 6.07) is 14.7. The fraction of sp³-hybridized carbons (Fsp3) is 0.520. The van der Waals surface area contributed by atoms with E-state index in [0.717, 1.165) is 30.6 Å². The standard InChI is InChI=1S/C25H29N5/c1-5-11-30-12-10-19-20(13-26)23(29)25(15-27,16-28)22(21(19)14-30)17-6-8-18(9-7-17)24(2,3)4/h6-10,20-22,29H,5,11-12,14H2,1-4H3/t20?,21-,22+/m0/s1. The van der Waals surface area contributed by atoms with Crippen molar-refractivity contribution in [2.45, 2.75) is 45.4 Å². The molecule has 1 fully saturated rings. The summed E-state index contributed by atoms with van der Waals surface area (Å²) in [5, 5.41) is 38.8. The first-order chi connectivity index (χ1) is 14.2. The van der Waals surface area contributed by atoms with Crippen molar-refractivity contribution in [3.8, 4) is 18.2 Å². The van der Waals surface area contributed by atoms with Crippen LogP contribution in [0.4, 0.5) is 0 Å². The van der Waals surface area contributed by atoms with Crippen LogP contribution in [0, 0.1) is 56.7 Å². The molecule has 0 spiro atoms. The number of fused-ring (bicyclic) bond motifs is 1. The number of hydrogen-bond donors (Lipinski definition) is 1. The summed E-state index contributed by atoms with van der Waals surface area (Å²) in [6.07, 6.45) is 3.07. The third kappa shape index (κ3) is 3.43. The summed E-state index contributed by atoms with van der Waals surface area (Å²) >= 11 is 0. The molecule has 1 unspecified atom stereocenters. The van der Waals surface area contributed by atoms with Crippen LogP contribution in [-0.4, -0.2) is 30.2 Å². The van der Waals surface area contributed by atoms with Crippen molar-refractivity contribution in [2.24, 2.45) is 17.3 Å². The second-order valence-corrected chi connectivity index (χ2v) is 9.43. The Balaban J connectivity index is 2.18. The number of hydrogen-bond acceptors (Lipinski definition) is 5. The average molecular weight is 400 g/mol. The van der Waals surface area contributed by atoms with Crippen molar-refractivity contribution >= 4 is 5.71 Å². The van der Waals surface area contributed by atoms with Gasteiger partial charge in [-0.15, -0.1) is 0 Å². The van der Waals surface area contributed by atoms with Crippen LogP contribution in [0.15, 0.2) is 35.9 Å². The first-order valence-electron chi connectivity index (χ1n) is 10.6. The highest BCUT2D eigenvalue weighted by molar-refractivity contribution is 6.00. The highest BCUT2D eigenvalue weighted by Crippen LogP contribution is 2.53. The SMILES string of the molecule is CCCN1CC=C2C(C#N)C(=N)C(C#N)(C#N)[C@H](c3ccc(C(C)(C)C)cc3)[C@H]2C1. The number of nitriles is 3. The van der Waals surface area contributed by atoms with Gasteiger partial charge in [-0.05, 0) is 35.1 Å². The van der Waals surface area contributed by atoms with Crippen LogP contribution in [-0.2, 0) is 5.41 Å². The zero-order valence-electron chi connectivity index (χ0n) is 18.2. The third-order valence-corrected chi connectivity index (χ3v) is 6.54. The lowest BCUT2D eigenvalue weighted by Gasteiger charge is -2.47. The largest absolute Gasteiger partial charge is 0.305 e. The monoisotopic (exact) mass is 399 g/mol. The first kappa shape index (κ1) is 21.8. The van der Waals surface area contributed by atoms with E-state index >= 15 is 0 Å². The van der Waals surface area contributed by atoms with Gasteiger partial charge in [0.1, 0.15) is 5.92 Å². The van der Waals surface area contributed by atoms with Crippen molar-refractivity contribution in [3.63, 3.8) is 0 Å². The molecule has 0 aromatic heterocycles. The molecule has 1 saturated carbocycles. The van der Waals surface area contributed by atoms with Gasteiger partial charge in [0.25, 0.3) is 0 Å². The van der Waals surface area contributed by atoms with Crippen LogP contribution in [0.5, 0.6) is 0 Å². The van der Waals surface area contributed by atoms with Gasteiger partial charge < -0.3 is 5.41 Å². The minimum atomic E-state index is -1.64. The van der Waals surface area contributed by atoms with Crippen molar-refractivity contribution in [2.75, 3.05) is 19.6 Å². The van der Waals surface area contributed by atoms with Gasteiger partial charge >= 0.3 is 0 Å². The molecule has 1 aliphatic carbocycles. The van der Waals surface area contributed by atoms with Gasteiger partial charge in [-0.1, -0.05) is 58.0 Å². The Morgan fingerprint density at radius 3 is 2.27 bits per heavy atom. The van der Waals surface area contributed by atoms with Crippen LogP contribution in [0.1, 0.15) is 51.2 Å². The molecular weight excluding hydrogens is 370 g/mol. The van der Waals surface area contributed by atoms with Gasteiger partial charge in [0, 0.05) is 24.9 Å². The van der Waals surface area contributed by atoms with E-state index in [4.69, 9.17) is 5.41 Å². The molecule has 3 atom stereocenters. The van der Waals surface area contributed by atoms with Gasteiger partial charge in [0.15, 0.2) is 5.41 Å². The van der Waals surface area contributed by atoms with E-state index in [9.17, 15) is 15.8 Å². The van der Waals surface area contributed by atoms with Crippen molar-refractivity contribution in [3.05, 3.63) is 47.0 Å². The quantitative estimate of drug-likeness (QED) is 0.754. The molecule has 3 rings (SSSR count). The number of rotatable bonds is 3. The van der Waals surface area contributed by atoms with E-state index in [2.05, 4.69) is 69.0 Å². The fourth-order valence-electron chi connectivity index (χ4n) is 4.93. The number of benzene rings is 1. The van der Waals surface area contributed by atoms with E-state index in [1.165, 1.54) is 5.56 Å². The molecule has 0 saturated heterocycles. The normalized spacial score (nSPS) is 26.0. The molecule has 0 amide bonds. The minimum absolute atomic E-state index is 0.000913. The Morgan fingerprint density at radius 1 is 1.13 bits per heavy atom. The summed E-state index contributed by atoms with van der Waals surface area (Å²) in [4.78, 5) is 2.31. The third-order valence-electron chi connectivity index (χ3n) is 6.54. The molecule has 1 N–H and O–H groups in total. The lowest BCUT2D eigenvalue weighted by atomic mass is 9.54. The van der Waals surface area contributed by atoms with Crippen LogP contribution in [0.3, 0.4) is 0 Å². The average Bonchev–Trinajstić information content (AvgIpc) is 2.73. The minimum Gasteiger partial charge on any atom is -0.305 e. The van der Waals surface area contributed by atoms with Crippen LogP contribution < -0.4 is 0 Å². The number of nitrogens with one attached hydrogen (secondary N) is 1. The van der Waals surface area contributed by atoms with Gasteiger partial charge in [-0.25, -0.2) is 0 Å². The summed E-state index contributed by atoms with van der Waals surface area (Å²) in [5.74, 6) is -1.41. The van der Waals surface area contributed by atoms with Gasteiger partial charge in [-0.3, -0.25) is 4.90 Å². The molecule has 30 heavy (non-hydrogen) atoms. The predicted molar refractivity (Wildman–Crippen MR) is 117 cm³/mol. The van der Waals surface area contributed by atoms with E-state index in [1.807, 2.05) is 12.1 Å². The lowest BCUT2D eigenvalue weighted by Crippen LogP contribution is -2.52. The highest BCUT2D eigenvalue weighted by atomic mass is 15.1. The Bertz CT molecular complexity index is 961. The highest BCUT2D eigenvalue weighted by Gasteiger charge is 2.57. The summed E-state index contributed by atoms with van der Waals surface area (Å²) < 4.78 is 0. The maximum atomic E-state index is 10.1. The Morgan fingerprint density at radius 2 is 1.77 bits per heavy atom. The molecular formula is C25H29N5. The molecule has 5 heteroatoms. The molecule has 1 heterocycles. The Labute approximate surface area is 179 Å². The smallest absolute Gasteiger partial charge is 0.189 e. The van der Waals surface area contributed by atoms with Crippen molar-refractivity contribution < 1.29 is 0 Å².